The number of halogens is 6. The average molecular weight is 483 g/mol. The monoisotopic (exact) mass is 483 g/mol. The highest BCUT2D eigenvalue weighted by Crippen LogP contribution is 2.35. The Labute approximate surface area is 187 Å². The maximum Gasteiger partial charge on any atom is 0.433 e. The summed E-state index contributed by atoms with van der Waals surface area (Å²) in [5.74, 6) is 0.261. The predicted octanol–water partition coefficient (Wildman–Crippen LogP) is 6.23. The third kappa shape index (κ3) is 4.69. The summed E-state index contributed by atoms with van der Waals surface area (Å²) in [5, 5.41) is 0. The lowest BCUT2D eigenvalue weighted by Crippen LogP contribution is -2.08. The van der Waals surface area contributed by atoms with Crippen LogP contribution in [0.5, 0.6) is 0 Å². The van der Waals surface area contributed by atoms with Gasteiger partial charge in [0, 0.05) is 18.3 Å². The molecule has 2 aromatic carbocycles. The van der Waals surface area contributed by atoms with E-state index in [1.165, 1.54) is 22.7 Å². The number of imidazole rings is 1. The first kappa shape index (κ1) is 23.1. The molecule has 4 nitrogen and oxygen atoms in total. The van der Waals surface area contributed by atoms with E-state index in [2.05, 4.69) is 9.97 Å². The third-order valence-electron chi connectivity index (χ3n) is 4.95. The highest BCUT2D eigenvalue weighted by atomic mass is 32.2. The van der Waals surface area contributed by atoms with Gasteiger partial charge in [0.25, 0.3) is 0 Å². The number of hydrogen-bond donors (Lipinski definition) is 0. The fourth-order valence-electron chi connectivity index (χ4n) is 3.28. The molecule has 0 radical (unpaired) electrons. The Hall–Kier alpha value is -3.05. The molecule has 1 unspecified atom stereocenters. The maximum absolute atomic E-state index is 13.0. The van der Waals surface area contributed by atoms with Crippen LogP contribution in [0.1, 0.15) is 18.2 Å². The first-order valence-corrected chi connectivity index (χ1v) is 10.9. The van der Waals surface area contributed by atoms with Gasteiger partial charge in [-0.05, 0) is 47.4 Å². The van der Waals surface area contributed by atoms with E-state index < -0.39 is 34.8 Å². The van der Waals surface area contributed by atoms with Crippen molar-refractivity contribution in [3.8, 4) is 22.4 Å². The highest BCUT2D eigenvalue weighted by Gasteiger charge is 2.33. The first-order valence-electron chi connectivity index (χ1n) is 9.59. The van der Waals surface area contributed by atoms with Gasteiger partial charge in [-0.3, -0.25) is 4.40 Å². The van der Waals surface area contributed by atoms with Crippen molar-refractivity contribution in [3.05, 3.63) is 72.3 Å². The van der Waals surface area contributed by atoms with E-state index in [0.29, 0.717) is 27.3 Å². The molecule has 0 aliphatic carbocycles. The van der Waals surface area contributed by atoms with Crippen LogP contribution in [0, 0.1) is 0 Å². The number of benzene rings is 2. The molecule has 0 amide bonds. The molecule has 0 N–H and O–H groups in total. The Balaban J connectivity index is 1.78. The first-order chi connectivity index (χ1) is 15.5. The molecule has 0 spiro atoms. The Morgan fingerprint density at radius 1 is 0.909 bits per heavy atom. The third-order valence-corrected chi connectivity index (χ3v) is 6.30. The standard InChI is InChI=1S/C22H15F6N3OS/c1-2-33(32)18-9-14(13-3-6-15(7-4-13)21(23,24)25)5-8-16(18)17-11-31-12-29-19(22(26,27)28)10-20(31)30-17/h3-12H,2H2,1H3. The Kier molecular flexibility index (Phi) is 5.87. The van der Waals surface area contributed by atoms with E-state index >= 15 is 0 Å². The highest BCUT2D eigenvalue weighted by molar-refractivity contribution is 7.91. The molecule has 0 bridgehead atoms. The van der Waals surface area contributed by atoms with Crippen molar-refractivity contribution in [2.45, 2.75) is 24.2 Å². The molecule has 0 saturated carbocycles. The molecule has 0 saturated heterocycles. The van der Waals surface area contributed by atoms with Gasteiger partial charge in [-0.15, -0.1) is 0 Å². The fraction of sp³-hybridized carbons (Fsp3) is 0.182. The Bertz CT molecular complexity index is 1300. The average Bonchev–Trinajstić information content (AvgIpc) is 3.20. The van der Waals surface area contributed by atoms with Gasteiger partial charge in [-0.1, -0.05) is 18.2 Å². The van der Waals surface area contributed by atoms with Crippen LogP contribution in [0.15, 0.2) is 66.0 Å². The van der Waals surface area contributed by atoms with Gasteiger partial charge in [-0.2, -0.15) is 26.3 Å². The summed E-state index contributed by atoms with van der Waals surface area (Å²) in [6, 6.07) is 10.2. The van der Waals surface area contributed by atoms with Gasteiger partial charge in [-0.25, -0.2) is 9.97 Å². The second-order valence-electron chi connectivity index (χ2n) is 7.08. The lowest BCUT2D eigenvalue weighted by molar-refractivity contribution is -0.141. The van der Waals surface area contributed by atoms with Crippen molar-refractivity contribution in [1.82, 2.24) is 14.4 Å². The normalized spacial score (nSPS) is 13.5. The van der Waals surface area contributed by atoms with Gasteiger partial charge < -0.3 is 4.55 Å². The summed E-state index contributed by atoms with van der Waals surface area (Å²) in [6.45, 7) is 1.70. The van der Waals surface area contributed by atoms with Crippen LogP contribution in [0.4, 0.5) is 26.3 Å². The summed E-state index contributed by atoms with van der Waals surface area (Å²) < 4.78 is 91.5. The number of nitrogens with zero attached hydrogens (tertiary/aromatic N) is 3. The molecule has 33 heavy (non-hydrogen) atoms. The van der Waals surface area contributed by atoms with Crippen molar-refractivity contribution >= 4 is 16.8 Å². The summed E-state index contributed by atoms with van der Waals surface area (Å²) in [7, 11) is 0. The van der Waals surface area contributed by atoms with Crippen LogP contribution >= 0.6 is 0 Å². The van der Waals surface area contributed by atoms with Crippen LogP contribution in [0.2, 0.25) is 0 Å². The number of aromatic nitrogens is 3. The summed E-state index contributed by atoms with van der Waals surface area (Å²) in [4.78, 5) is 8.01. The molecule has 2 aromatic heterocycles. The Morgan fingerprint density at radius 3 is 2.18 bits per heavy atom. The number of rotatable bonds is 4. The van der Waals surface area contributed by atoms with Gasteiger partial charge in [0.2, 0.25) is 0 Å². The molecule has 4 aromatic rings. The van der Waals surface area contributed by atoms with Crippen molar-refractivity contribution < 1.29 is 30.9 Å². The smallest absolute Gasteiger partial charge is 0.433 e. The second kappa shape index (κ2) is 8.38. The molecule has 4 rings (SSSR count). The lowest BCUT2D eigenvalue weighted by atomic mass is 10.0. The van der Waals surface area contributed by atoms with E-state index in [9.17, 15) is 30.9 Å². The minimum absolute atomic E-state index is 0.0207. The van der Waals surface area contributed by atoms with Crippen molar-refractivity contribution in [2.75, 3.05) is 5.75 Å². The SMILES string of the molecule is CC[S+]([O-])c1cc(-c2ccc(C(F)(F)F)cc2)ccc1-c1cn2cnc(C(F)(F)F)cc2n1. The molecule has 11 heteroatoms. The Morgan fingerprint density at radius 2 is 1.58 bits per heavy atom. The van der Waals surface area contributed by atoms with E-state index in [1.54, 1.807) is 25.1 Å². The summed E-state index contributed by atoms with van der Waals surface area (Å²) in [5.41, 5.74) is -0.0479. The molecule has 0 fully saturated rings. The zero-order chi connectivity index (χ0) is 24.0. The maximum atomic E-state index is 13.0. The number of hydrogen-bond acceptors (Lipinski definition) is 3. The number of alkyl halides is 6. The predicted molar refractivity (Wildman–Crippen MR) is 111 cm³/mol. The minimum Gasteiger partial charge on any atom is -0.611 e. The topological polar surface area (TPSA) is 53.2 Å². The zero-order valence-electron chi connectivity index (χ0n) is 16.9. The zero-order valence-corrected chi connectivity index (χ0v) is 17.7. The molecular formula is C22H15F6N3OS. The van der Waals surface area contributed by atoms with Crippen molar-refractivity contribution in [3.63, 3.8) is 0 Å². The molecular weight excluding hydrogens is 468 g/mol. The van der Waals surface area contributed by atoms with E-state index in [1.807, 2.05) is 0 Å². The molecule has 0 aliphatic rings. The summed E-state index contributed by atoms with van der Waals surface area (Å²) >= 11 is -1.47. The second-order valence-corrected chi connectivity index (χ2v) is 8.79. The van der Waals surface area contributed by atoms with E-state index in [0.717, 1.165) is 24.5 Å². The van der Waals surface area contributed by atoms with Crippen LogP contribution in [-0.4, -0.2) is 24.7 Å². The van der Waals surface area contributed by atoms with Gasteiger partial charge in [0.1, 0.15) is 23.4 Å². The van der Waals surface area contributed by atoms with E-state index in [-0.39, 0.29) is 11.4 Å². The quantitative estimate of drug-likeness (QED) is 0.256. The lowest BCUT2D eigenvalue weighted by Gasteiger charge is -2.14. The minimum atomic E-state index is -4.62. The van der Waals surface area contributed by atoms with Gasteiger partial charge >= 0.3 is 12.4 Å². The fourth-order valence-corrected chi connectivity index (χ4v) is 4.27. The molecule has 0 aliphatic heterocycles. The van der Waals surface area contributed by atoms with E-state index in [4.69, 9.17) is 0 Å². The van der Waals surface area contributed by atoms with Crippen molar-refractivity contribution in [2.24, 2.45) is 0 Å². The van der Waals surface area contributed by atoms with Gasteiger partial charge in [0.15, 0.2) is 4.90 Å². The largest absolute Gasteiger partial charge is 0.611 e. The summed E-state index contributed by atoms with van der Waals surface area (Å²) in [6.07, 6.45) is -6.60. The number of fused-ring (bicyclic) bond motifs is 1. The molecule has 1 atom stereocenters. The molecule has 2 heterocycles. The van der Waals surface area contributed by atoms with Crippen LogP contribution < -0.4 is 0 Å². The van der Waals surface area contributed by atoms with Crippen LogP contribution in [-0.2, 0) is 23.5 Å². The van der Waals surface area contributed by atoms with Crippen molar-refractivity contribution in [1.29, 1.82) is 0 Å². The van der Waals surface area contributed by atoms with Crippen LogP contribution in [0.3, 0.4) is 0 Å². The molecule has 172 valence electrons. The van der Waals surface area contributed by atoms with Gasteiger partial charge in [0.05, 0.1) is 16.8 Å². The van der Waals surface area contributed by atoms with Crippen LogP contribution in [0.25, 0.3) is 28.0 Å².